The van der Waals surface area contributed by atoms with Gasteiger partial charge in [0.25, 0.3) is 0 Å². The summed E-state index contributed by atoms with van der Waals surface area (Å²) in [5.41, 5.74) is -2.22. The maximum absolute atomic E-state index is 13.3. The van der Waals surface area contributed by atoms with Crippen LogP contribution in [0.25, 0.3) is 0 Å². The number of amides is 2. The summed E-state index contributed by atoms with van der Waals surface area (Å²) in [6.07, 6.45) is -10.7. The van der Waals surface area contributed by atoms with Crippen molar-refractivity contribution in [3.63, 3.8) is 0 Å². The summed E-state index contributed by atoms with van der Waals surface area (Å²) < 4.78 is 97.8. The van der Waals surface area contributed by atoms with E-state index < -0.39 is 53.8 Å². The predicted molar refractivity (Wildman–Crippen MR) is 96.4 cm³/mol. The second-order valence-electron chi connectivity index (χ2n) is 7.54. The van der Waals surface area contributed by atoms with Gasteiger partial charge in [-0.05, 0) is 42.7 Å². The molecule has 3 atom stereocenters. The van der Waals surface area contributed by atoms with Crippen molar-refractivity contribution in [1.82, 2.24) is 10.6 Å². The molecule has 0 aromatic heterocycles. The Morgan fingerprint density at radius 2 is 1.81 bits per heavy atom. The van der Waals surface area contributed by atoms with E-state index in [-0.39, 0.29) is 24.8 Å². The van der Waals surface area contributed by atoms with E-state index in [0.29, 0.717) is 11.6 Å². The number of rotatable bonds is 5. The predicted octanol–water partition coefficient (Wildman–Crippen LogP) is 4.74. The Morgan fingerprint density at radius 1 is 1.16 bits per heavy atom. The molecule has 31 heavy (non-hydrogen) atoms. The van der Waals surface area contributed by atoms with Gasteiger partial charge in [0, 0.05) is 6.54 Å². The van der Waals surface area contributed by atoms with E-state index in [1.54, 1.807) is 0 Å². The molecule has 1 aromatic carbocycles. The first-order valence-electron chi connectivity index (χ1n) is 9.30. The van der Waals surface area contributed by atoms with Crippen molar-refractivity contribution < 1.29 is 40.3 Å². The van der Waals surface area contributed by atoms with Crippen molar-refractivity contribution >= 4 is 6.03 Å². The molecule has 0 bridgehead atoms. The van der Waals surface area contributed by atoms with E-state index in [4.69, 9.17) is 4.74 Å². The lowest BCUT2D eigenvalue weighted by atomic mass is 9.87. The highest BCUT2D eigenvalue weighted by Gasteiger charge is 2.45. The fraction of sp³-hybridized carbons (Fsp3) is 0.450. The zero-order chi connectivity index (χ0) is 23.0. The molecule has 0 saturated carbocycles. The van der Waals surface area contributed by atoms with Gasteiger partial charge in [-0.25, -0.2) is 9.18 Å². The summed E-state index contributed by atoms with van der Waals surface area (Å²) in [5.74, 6) is -2.79. The molecule has 2 N–H and O–H groups in total. The number of halogens is 7. The topological polar surface area (TPSA) is 50.4 Å². The molecule has 1 heterocycles. The molecule has 0 spiro atoms. The second kappa shape index (κ2) is 8.18. The summed E-state index contributed by atoms with van der Waals surface area (Å²) in [6, 6.07) is 4.64. The van der Waals surface area contributed by atoms with Crippen LogP contribution >= 0.6 is 0 Å². The van der Waals surface area contributed by atoms with Gasteiger partial charge in [0.1, 0.15) is 11.4 Å². The summed E-state index contributed by atoms with van der Waals surface area (Å²) in [6.45, 7) is 1.14. The fourth-order valence-corrected chi connectivity index (χ4v) is 3.53. The van der Waals surface area contributed by atoms with Crippen molar-refractivity contribution in [2.75, 3.05) is 13.2 Å². The smallest absolute Gasteiger partial charge is 0.371 e. The van der Waals surface area contributed by atoms with Crippen LogP contribution in [0.15, 0.2) is 47.6 Å². The van der Waals surface area contributed by atoms with Gasteiger partial charge in [-0.2, -0.15) is 26.3 Å². The first kappa shape index (κ1) is 23.1. The highest BCUT2D eigenvalue weighted by Crippen LogP contribution is 2.41. The lowest BCUT2D eigenvalue weighted by Gasteiger charge is -2.32. The Balaban J connectivity index is 1.81. The van der Waals surface area contributed by atoms with Crippen molar-refractivity contribution in [3.05, 3.63) is 58.9 Å². The first-order chi connectivity index (χ1) is 14.3. The highest BCUT2D eigenvalue weighted by molar-refractivity contribution is 5.78. The fourth-order valence-electron chi connectivity index (χ4n) is 3.53. The molecule has 1 aromatic rings. The van der Waals surface area contributed by atoms with E-state index in [1.807, 2.05) is 0 Å². The monoisotopic (exact) mass is 452 g/mol. The van der Waals surface area contributed by atoms with Crippen LogP contribution in [0.4, 0.5) is 35.5 Å². The number of allylic oxidation sites excluding steroid dienone is 3. The Morgan fingerprint density at radius 3 is 2.32 bits per heavy atom. The summed E-state index contributed by atoms with van der Waals surface area (Å²) in [7, 11) is 0. The molecule has 1 aliphatic carbocycles. The van der Waals surface area contributed by atoms with Gasteiger partial charge in [0.05, 0.1) is 24.2 Å². The average molecular weight is 452 g/mol. The van der Waals surface area contributed by atoms with Crippen molar-refractivity contribution in [2.24, 2.45) is 5.92 Å². The number of ether oxygens (including phenoxy) is 1. The van der Waals surface area contributed by atoms with Gasteiger partial charge in [-0.3, -0.25) is 0 Å². The van der Waals surface area contributed by atoms with Gasteiger partial charge in [-0.1, -0.05) is 18.2 Å². The third kappa shape index (κ3) is 5.20. The van der Waals surface area contributed by atoms with Crippen molar-refractivity contribution in [1.29, 1.82) is 0 Å². The molecular formula is C20H19F7N2O2. The van der Waals surface area contributed by atoms with Gasteiger partial charge >= 0.3 is 18.4 Å². The van der Waals surface area contributed by atoms with Crippen LogP contribution in [0, 0.1) is 11.7 Å². The number of alkyl halides is 6. The van der Waals surface area contributed by atoms with Crippen LogP contribution in [-0.4, -0.2) is 37.6 Å². The number of nitrogens with one attached hydrogen (secondary N) is 2. The van der Waals surface area contributed by atoms with E-state index in [1.165, 1.54) is 31.2 Å². The molecule has 11 heteroatoms. The maximum atomic E-state index is 13.3. The molecule has 1 aliphatic heterocycles. The zero-order valence-corrected chi connectivity index (χ0v) is 16.2. The molecule has 170 valence electrons. The number of benzene rings is 1. The average Bonchev–Trinajstić information content (AvgIpc) is 3.07. The molecule has 0 radical (unpaired) electrons. The van der Waals surface area contributed by atoms with E-state index in [2.05, 4.69) is 10.6 Å². The third-order valence-corrected chi connectivity index (χ3v) is 5.33. The SMILES string of the molecule is CC(OCC1(c2ccc(F)cc2)CNC(=O)N1)C1=CC(C(F)(F)F)=CC(C(F)(F)F)C1. The van der Waals surface area contributed by atoms with Crippen molar-refractivity contribution in [3.8, 4) is 0 Å². The van der Waals surface area contributed by atoms with E-state index in [0.717, 1.165) is 0 Å². The lowest BCUT2D eigenvalue weighted by molar-refractivity contribution is -0.163. The highest BCUT2D eigenvalue weighted by atomic mass is 19.4. The Labute approximate surface area is 173 Å². The first-order valence-corrected chi connectivity index (χ1v) is 9.30. The molecule has 2 amide bonds. The number of carbonyl (C=O) groups excluding carboxylic acids is 1. The summed E-state index contributed by atoms with van der Waals surface area (Å²) >= 11 is 0. The van der Waals surface area contributed by atoms with Gasteiger partial charge in [0.2, 0.25) is 0 Å². The number of hydrogen-bond acceptors (Lipinski definition) is 2. The Bertz CT molecular complexity index is 890. The third-order valence-electron chi connectivity index (χ3n) is 5.33. The van der Waals surface area contributed by atoms with Gasteiger partial charge in [0.15, 0.2) is 0 Å². The van der Waals surface area contributed by atoms with E-state index >= 15 is 0 Å². The van der Waals surface area contributed by atoms with Crippen LogP contribution in [0.2, 0.25) is 0 Å². The molecule has 3 rings (SSSR count). The number of carbonyl (C=O) groups is 1. The Kier molecular flexibility index (Phi) is 6.09. The van der Waals surface area contributed by atoms with Crippen LogP contribution in [-0.2, 0) is 10.3 Å². The van der Waals surface area contributed by atoms with Gasteiger partial charge < -0.3 is 15.4 Å². The normalized spacial score (nSPS) is 25.4. The largest absolute Gasteiger partial charge is 0.416 e. The standard InChI is InChI=1S/C20H19F7N2O2/c1-11(12-6-14(19(22,23)24)8-15(7-12)20(25,26)27)31-10-18(9-28-17(30)29-18)13-2-4-16(21)5-3-13/h2-6,8,11,15H,7,9-10H2,1H3,(H2,28,29,30). The minimum atomic E-state index is -4.94. The number of hydrogen-bond donors (Lipinski definition) is 2. The molecule has 3 unspecified atom stereocenters. The van der Waals surface area contributed by atoms with Crippen LogP contribution in [0.1, 0.15) is 18.9 Å². The number of urea groups is 1. The van der Waals surface area contributed by atoms with Crippen molar-refractivity contribution in [2.45, 2.75) is 37.3 Å². The van der Waals surface area contributed by atoms with Crippen LogP contribution in [0.5, 0.6) is 0 Å². The van der Waals surface area contributed by atoms with Crippen LogP contribution < -0.4 is 10.6 Å². The quantitative estimate of drug-likeness (QED) is 0.635. The minimum absolute atomic E-state index is 0.0438. The molecule has 1 saturated heterocycles. The zero-order valence-electron chi connectivity index (χ0n) is 16.2. The maximum Gasteiger partial charge on any atom is 0.416 e. The van der Waals surface area contributed by atoms with Crippen LogP contribution in [0.3, 0.4) is 0 Å². The van der Waals surface area contributed by atoms with E-state index in [9.17, 15) is 35.5 Å². The minimum Gasteiger partial charge on any atom is -0.371 e. The van der Waals surface area contributed by atoms with Gasteiger partial charge in [-0.15, -0.1) is 0 Å². The lowest BCUT2D eigenvalue weighted by Crippen LogP contribution is -2.45. The summed E-state index contributed by atoms with van der Waals surface area (Å²) in [5, 5.41) is 5.17. The molecular weight excluding hydrogens is 433 g/mol. The molecule has 1 fully saturated rings. The molecule has 4 nitrogen and oxygen atoms in total. The second-order valence-corrected chi connectivity index (χ2v) is 7.54. The Hall–Kier alpha value is -2.56. The summed E-state index contributed by atoms with van der Waals surface area (Å²) in [4.78, 5) is 11.7. The molecule has 2 aliphatic rings.